The van der Waals surface area contributed by atoms with Crippen LogP contribution in [0, 0.1) is 0 Å². The van der Waals surface area contributed by atoms with Crippen molar-refractivity contribution in [2.75, 3.05) is 14.1 Å². The summed E-state index contributed by atoms with van der Waals surface area (Å²) in [6.07, 6.45) is 0. The number of nitrogens with one attached hydrogen (secondary N) is 2. The summed E-state index contributed by atoms with van der Waals surface area (Å²) in [6.45, 7) is 1.24. The van der Waals surface area contributed by atoms with E-state index in [0.29, 0.717) is 0 Å². The second kappa shape index (κ2) is 5.81. The molecule has 1 aromatic carbocycles. The van der Waals surface area contributed by atoms with Crippen molar-refractivity contribution in [3.63, 3.8) is 0 Å². The number of nitrogens with zero attached hydrogens (tertiary/aromatic N) is 1. The Balaban J connectivity index is 3.01. The quantitative estimate of drug-likeness (QED) is 0.746. The Morgan fingerprint density at radius 2 is 1.79 bits per heavy atom. The van der Waals surface area contributed by atoms with Gasteiger partial charge in [-0.15, -0.1) is 0 Å². The first-order chi connectivity index (χ1) is 8.75. The Bertz CT molecular complexity index is 596. The van der Waals surface area contributed by atoms with E-state index >= 15 is 0 Å². The first-order valence-corrected chi connectivity index (χ1v) is 6.78. The number of hydrazine groups is 1. The van der Waals surface area contributed by atoms with Crippen LogP contribution in [-0.4, -0.2) is 38.6 Å². The first kappa shape index (κ1) is 15.1. The smallest absolute Gasteiger partial charge is 0.269 e. The van der Waals surface area contributed by atoms with Crippen molar-refractivity contribution in [1.82, 2.24) is 15.2 Å². The van der Waals surface area contributed by atoms with Crippen molar-refractivity contribution in [2.24, 2.45) is 0 Å². The van der Waals surface area contributed by atoms with E-state index < -0.39 is 21.8 Å². The third-order valence-corrected chi connectivity index (χ3v) is 4.04. The average Bonchev–Trinajstić information content (AvgIpc) is 2.35. The molecule has 104 valence electrons. The van der Waals surface area contributed by atoms with Gasteiger partial charge in [-0.2, -0.15) is 0 Å². The zero-order valence-electron chi connectivity index (χ0n) is 10.8. The van der Waals surface area contributed by atoms with Crippen LogP contribution in [0.3, 0.4) is 0 Å². The van der Waals surface area contributed by atoms with Crippen molar-refractivity contribution in [2.45, 2.75) is 11.8 Å². The van der Waals surface area contributed by atoms with E-state index in [2.05, 4.69) is 10.9 Å². The molecule has 1 aromatic rings. The highest BCUT2D eigenvalue weighted by Gasteiger charge is 2.18. The van der Waals surface area contributed by atoms with Gasteiger partial charge in [0.25, 0.3) is 5.91 Å². The summed E-state index contributed by atoms with van der Waals surface area (Å²) < 4.78 is 24.8. The van der Waals surface area contributed by atoms with Gasteiger partial charge >= 0.3 is 0 Å². The van der Waals surface area contributed by atoms with Crippen LogP contribution in [-0.2, 0) is 14.8 Å². The number of benzene rings is 1. The predicted octanol–water partition coefficient (Wildman–Crippen LogP) is -0.282. The zero-order chi connectivity index (χ0) is 14.6. The maximum Gasteiger partial charge on any atom is 0.269 e. The molecule has 0 aliphatic heterocycles. The second-order valence-electron chi connectivity index (χ2n) is 3.95. The maximum absolute atomic E-state index is 11.9. The summed E-state index contributed by atoms with van der Waals surface area (Å²) in [7, 11) is -0.794. The van der Waals surface area contributed by atoms with Crippen molar-refractivity contribution in [3.05, 3.63) is 29.8 Å². The topological polar surface area (TPSA) is 95.6 Å². The molecule has 0 saturated carbocycles. The largest absolute Gasteiger partial charge is 0.274 e. The van der Waals surface area contributed by atoms with Crippen molar-refractivity contribution in [3.8, 4) is 0 Å². The molecule has 7 nitrogen and oxygen atoms in total. The number of amides is 2. The van der Waals surface area contributed by atoms with Crippen LogP contribution in [0.2, 0.25) is 0 Å². The van der Waals surface area contributed by atoms with E-state index in [1.165, 1.54) is 45.3 Å². The van der Waals surface area contributed by atoms with Crippen molar-refractivity contribution >= 4 is 21.8 Å². The van der Waals surface area contributed by atoms with Gasteiger partial charge in [-0.1, -0.05) is 6.07 Å². The Hall–Kier alpha value is -1.93. The van der Waals surface area contributed by atoms with Gasteiger partial charge in [-0.3, -0.25) is 20.4 Å². The fourth-order valence-corrected chi connectivity index (χ4v) is 2.17. The lowest BCUT2D eigenvalue weighted by atomic mass is 10.2. The number of hydrogen-bond donors (Lipinski definition) is 2. The van der Waals surface area contributed by atoms with Crippen LogP contribution in [0.4, 0.5) is 0 Å². The fraction of sp³-hybridized carbons (Fsp3) is 0.273. The molecule has 0 radical (unpaired) electrons. The summed E-state index contributed by atoms with van der Waals surface area (Å²) >= 11 is 0. The van der Waals surface area contributed by atoms with Crippen LogP contribution in [0.25, 0.3) is 0 Å². The van der Waals surface area contributed by atoms with Crippen molar-refractivity contribution in [1.29, 1.82) is 0 Å². The van der Waals surface area contributed by atoms with E-state index in [9.17, 15) is 18.0 Å². The Kier molecular flexibility index (Phi) is 4.62. The number of hydrogen-bond acceptors (Lipinski definition) is 4. The molecule has 0 atom stereocenters. The Labute approximate surface area is 111 Å². The lowest BCUT2D eigenvalue weighted by Gasteiger charge is -2.12. The molecule has 0 aromatic heterocycles. The van der Waals surface area contributed by atoms with Crippen LogP contribution in [0.1, 0.15) is 17.3 Å². The number of sulfonamides is 1. The summed E-state index contributed by atoms with van der Waals surface area (Å²) in [5.41, 5.74) is 4.42. The molecule has 0 bridgehead atoms. The van der Waals surface area contributed by atoms with Crippen LogP contribution < -0.4 is 10.9 Å². The lowest BCUT2D eigenvalue weighted by Crippen LogP contribution is -2.40. The van der Waals surface area contributed by atoms with Crippen LogP contribution in [0.5, 0.6) is 0 Å². The van der Waals surface area contributed by atoms with E-state index in [0.717, 1.165) is 4.31 Å². The first-order valence-electron chi connectivity index (χ1n) is 5.34. The molecule has 0 spiro atoms. The standard InChI is InChI=1S/C11H15N3O4S/c1-8(15)12-13-11(16)9-5-4-6-10(7-9)19(17,18)14(2)3/h4-7H,1-3H3,(H,12,15)(H,13,16). The number of carbonyl (C=O) groups is 2. The number of carbonyl (C=O) groups excluding carboxylic acids is 2. The molecule has 1 rings (SSSR count). The molecule has 8 heteroatoms. The Morgan fingerprint density at radius 1 is 1.16 bits per heavy atom. The highest BCUT2D eigenvalue weighted by atomic mass is 32.2. The normalized spacial score (nSPS) is 11.2. The molecule has 2 amide bonds. The van der Waals surface area contributed by atoms with Gasteiger partial charge < -0.3 is 0 Å². The molecule has 0 heterocycles. The van der Waals surface area contributed by atoms with Gasteiger partial charge in [-0.25, -0.2) is 12.7 Å². The second-order valence-corrected chi connectivity index (χ2v) is 6.10. The van der Waals surface area contributed by atoms with Crippen LogP contribution in [0.15, 0.2) is 29.2 Å². The minimum atomic E-state index is -3.60. The van der Waals surface area contributed by atoms with Gasteiger partial charge in [0.2, 0.25) is 15.9 Å². The van der Waals surface area contributed by atoms with E-state index in [-0.39, 0.29) is 10.5 Å². The summed E-state index contributed by atoms with van der Waals surface area (Å²) in [5, 5.41) is 0. The van der Waals surface area contributed by atoms with Crippen LogP contribution >= 0.6 is 0 Å². The van der Waals surface area contributed by atoms with Gasteiger partial charge in [0.1, 0.15) is 0 Å². The Morgan fingerprint density at radius 3 is 2.32 bits per heavy atom. The molecule has 0 aliphatic rings. The molecule has 0 unspecified atom stereocenters. The molecular formula is C11H15N3O4S. The minimum absolute atomic E-state index is 0.00738. The highest BCUT2D eigenvalue weighted by molar-refractivity contribution is 7.89. The fourth-order valence-electron chi connectivity index (χ4n) is 1.23. The molecule has 0 fully saturated rings. The maximum atomic E-state index is 11.9. The summed E-state index contributed by atoms with van der Waals surface area (Å²) in [5.74, 6) is -1.02. The molecule has 19 heavy (non-hydrogen) atoms. The highest BCUT2D eigenvalue weighted by Crippen LogP contribution is 2.14. The SMILES string of the molecule is CC(=O)NNC(=O)c1cccc(S(=O)(=O)N(C)C)c1. The summed E-state index contributed by atoms with van der Waals surface area (Å²) in [4.78, 5) is 22.3. The monoisotopic (exact) mass is 285 g/mol. The molecular weight excluding hydrogens is 270 g/mol. The molecule has 0 aliphatic carbocycles. The minimum Gasteiger partial charge on any atom is -0.274 e. The zero-order valence-corrected chi connectivity index (χ0v) is 11.6. The van der Waals surface area contributed by atoms with E-state index in [1.807, 2.05) is 0 Å². The molecule has 0 saturated heterocycles. The average molecular weight is 285 g/mol. The summed E-state index contributed by atoms with van der Waals surface area (Å²) in [6, 6.07) is 5.54. The van der Waals surface area contributed by atoms with Gasteiger partial charge in [0.05, 0.1) is 4.90 Å². The predicted molar refractivity (Wildman–Crippen MR) is 68.6 cm³/mol. The molecule has 2 N–H and O–H groups in total. The third kappa shape index (κ3) is 3.76. The van der Waals surface area contributed by atoms with E-state index in [4.69, 9.17) is 0 Å². The van der Waals surface area contributed by atoms with Crippen molar-refractivity contribution < 1.29 is 18.0 Å². The van der Waals surface area contributed by atoms with Gasteiger partial charge in [-0.05, 0) is 18.2 Å². The van der Waals surface area contributed by atoms with E-state index in [1.54, 1.807) is 0 Å². The number of rotatable bonds is 3. The third-order valence-electron chi connectivity index (χ3n) is 2.23. The lowest BCUT2D eigenvalue weighted by molar-refractivity contribution is -0.119. The van der Waals surface area contributed by atoms with Gasteiger partial charge in [0.15, 0.2) is 0 Å². The van der Waals surface area contributed by atoms with Gasteiger partial charge in [0, 0.05) is 26.6 Å².